The van der Waals surface area contributed by atoms with Gasteiger partial charge < -0.3 is 20.1 Å². The van der Waals surface area contributed by atoms with Crippen LogP contribution in [0.4, 0.5) is 0 Å². The van der Waals surface area contributed by atoms with Crippen molar-refractivity contribution in [2.75, 3.05) is 19.9 Å². The molecule has 23 heavy (non-hydrogen) atoms. The summed E-state index contributed by atoms with van der Waals surface area (Å²) < 4.78 is 10.5. The second kappa shape index (κ2) is 8.22. The second-order valence-corrected chi connectivity index (χ2v) is 5.26. The van der Waals surface area contributed by atoms with E-state index in [2.05, 4.69) is 10.6 Å². The summed E-state index contributed by atoms with van der Waals surface area (Å²) >= 11 is 0. The molecule has 2 amide bonds. The molecule has 0 aliphatic carbocycles. The zero-order valence-corrected chi connectivity index (χ0v) is 13.5. The van der Waals surface area contributed by atoms with Crippen LogP contribution in [0.2, 0.25) is 0 Å². The van der Waals surface area contributed by atoms with Crippen molar-refractivity contribution in [3.63, 3.8) is 0 Å². The standard InChI is InChI=1S/C17H22N2O4/c1-3-12(2)16(20)18-8-4-5-9-19-17(21)13-6-7-14-15(10-13)23-11-22-14/h3,6-7,10H,4-5,8-9,11H2,1-2H3,(H,18,20)(H,19,21). The van der Waals surface area contributed by atoms with Crippen molar-refractivity contribution in [2.24, 2.45) is 0 Å². The van der Waals surface area contributed by atoms with Crippen LogP contribution >= 0.6 is 0 Å². The van der Waals surface area contributed by atoms with Crippen LogP contribution in [0.1, 0.15) is 37.0 Å². The molecule has 1 aliphatic rings. The third-order valence-electron chi connectivity index (χ3n) is 3.60. The van der Waals surface area contributed by atoms with Gasteiger partial charge in [0.05, 0.1) is 0 Å². The molecule has 6 heteroatoms. The summed E-state index contributed by atoms with van der Waals surface area (Å²) in [5.41, 5.74) is 1.26. The molecule has 2 rings (SSSR count). The first-order chi connectivity index (χ1) is 11.1. The summed E-state index contributed by atoms with van der Waals surface area (Å²) in [6.07, 6.45) is 3.39. The Morgan fingerprint density at radius 3 is 2.57 bits per heavy atom. The monoisotopic (exact) mass is 318 g/mol. The van der Waals surface area contributed by atoms with E-state index in [0.29, 0.717) is 35.7 Å². The van der Waals surface area contributed by atoms with Gasteiger partial charge in [0.2, 0.25) is 12.7 Å². The van der Waals surface area contributed by atoms with Crippen molar-refractivity contribution in [3.8, 4) is 11.5 Å². The molecule has 1 aromatic carbocycles. The summed E-state index contributed by atoms with van der Waals surface area (Å²) in [5.74, 6) is 1.07. The highest BCUT2D eigenvalue weighted by Crippen LogP contribution is 2.32. The largest absolute Gasteiger partial charge is 0.454 e. The van der Waals surface area contributed by atoms with Gasteiger partial charge in [-0.15, -0.1) is 0 Å². The molecule has 0 saturated heterocycles. The first kappa shape index (κ1) is 16.9. The molecule has 0 aromatic heterocycles. The molecule has 2 N–H and O–H groups in total. The van der Waals surface area contributed by atoms with Crippen LogP contribution in [-0.2, 0) is 4.79 Å². The minimum Gasteiger partial charge on any atom is -0.454 e. The Bertz CT molecular complexity index is 611. The Kier molecular flexibility index (Phi) is 6.02. The number of ether oxygens (including phenoxy) is 2. The third-order valence-corrected chi connectivity index (χ3v) is 3.60. The molecule has 124 valence electrons. The van der Waals surface area contributed by atoms with Crippen molar-refractivity contribution >= 4 is 11.8 Å². The molecule has 0 fully saturated rings. The van der Waals surface area contributed by atoms with Gasteiger partial charge in [-0.05, 0) is 44.9 Å². The number of carbonyl (C=O) groups is 2. The molecule has 1 heterocycles. The van der Waals surface area contributed by atoms with E-state index in [1.807, 2.05) is 6.92 Å². The van der Waals surface area contributed by atoms with Crippen LogP contribution in [0, 0.1) is 0 Å². The lowest BCUT2D eigenvalue weighted by Gasteiger charge is -2.07. The van der Waals surface area contributed by atoms with Gasteiger partial charge in [0.1, 0.15) is 0 Å². The number of hydrogen-bond donors (Lipinski definition) is 2. The van der Waals surface area contributed by atoms with Gasteiger partial charge in [-0.25, -0.2) is 0 Å². The molecular weight excluding hydrogens is 296 g/mol. The number of amides is 2. The van der Waals surface area contributed by atoms with Crippen LogP contribution < -0.4 is 20.1 Å². The zero-order chi connectivity index (χ0) is 16.7. The van der Waals surface area contributed by atoms with Crippen molar-refractivity contribution in [1.29, 1.82) is 0 Å². The van der Waals surface area contributed by atoms with Crippen molar-refractivity contribution in [3.05, 3.63) is 35.4 Å². The van der Waals surface area contributed by atoms with Gasteiger partial charge in [0.25, 0.3) is 5.91 Å². The van der Waals surface area contributed by atoms with Crippen LogP contribution in [-0.4, -0.2) is 31.7 Å². The predicted octanol–water partition coefficient (Wildman–Crippen LogP) is 2.01. The van der Waals surface area contributed by atoms with E-state index in [4.69, 9.17) is 9.47 Å². The third kappa shape index (κ3) is 4.74. The molecule has 6 nitrogen and oxygen atoms in total. The van der Waals surface area contributed by atoms with E-state index in [1.165, 1.54) is 0 Å². The van der Waals surface area contributed by atoms with Gasteiger partial charge >= 0.3 is 0 Å². The average Bonchev–Trinajstić information content (AvgIpc) is 3.04. The first-order valence-electron chi connectivity index (χ1n) is 7.71. The highest BCUT2D eigenvalue weighted by molar-refractivity contribution is 5.95. The van der Waals surface area contributed by atoms with E-state index in [1.54, 1.807) is 31.2 Å². The number of rotatable bonds is 7. The summed E-state index contributed by atoms with van der Waals surface area (Å²) in [6.45, 7) is 4.97. The molecule has 0 saturated carbocycles. The quantitative estimate of drug-likeness (QED) is 0.595. The van der Waals surface area contributed by atoms with Crippen molar-refractivity contribution in [1.82, 2.24) is 10.6 Å². The van der Waals surface area contributed by atoms with Crippen LogP contribution in [0.25, 0.3) is 0 Å². The Morgan fingerprint density at radius 2 is 1.83 bits per heavy atom. The fourth-order valence-corrected chi connectivity index (χ4v) is 2.06. The van der Waals surface area contributed by atoms with E-state index < -0.39 is 0 Å². The summed E-state index contributed by atoms with van der Waals surface area (Å²) in [7, 11) is 0. The van der Waals surface area contributed by atoms with Gasteiger partial charge in [0, 0.05) is 24.2 Å². The summed E-state index contributed by atoms with van der Waals surface area (Å²) in [6, 6.07) is 5.12. The average molecular weight is 318 g/mol. The Labute approximate surface area is 135 Å². The summed E-state index contributed by atoms with van der Waals surface area (Å²) in [5, 5.41) is 5.68. The highest BCUT2D eigenvalue weighted by Gasteiger charge is 2.15. The highest BCUT2D eigenvalue weighted by atomic mass is 16.7. The maximum absolute atomic E-state index is 12.0. The molecule has 0 bridgehead atoms. The molecule has 0 radical (unpaired) electrons. The molecule has 0 atom stereocenters. The maximum atomic E-state index is 12.0. The number of unbranched alkanes of at least 4 members (excludes halogenated alkanes) is 1. The van der Waals surface area contributed by atoms with Gasteiger partial charge in [0.15, 0.2) is 11.5 Å². The van der Waals surface area contributed by atoms with E-state index in [9.17, 15) is 9.59 Å². The minimum atomic E-state index is -0.142. The van der Waals surface area contributed by atoms with E-state index in [0.717, 1.165) is 12.8 Å². The molecule has 1 aliphatic heterocycles. The zero-order valence-electron chi connectivity index (χ0n) is 13.5. The minimum absolute atomic E-state index is 0.0445. The summed E-state index contributed by atoms with van der Waals surface area (Å²) in [4.78, 5) is 23.6. The topological polar surface area (TPSA) is 76.7 Å². The maximum Gasteiger partial charge on any atom is 0.251 e. The molecule has 0 unspecified atom stereocenters. The van der Waals surface area contributed by atoms with Crippen LogP contribution in [0.5, 0.6) is 11.5 Å². The SMILES string of the molecule is CC=C(C)C(=O)NCCCCNC(=O)c1ccc2c(c1)OCO2. The lowest BCUT2D eigenvalue weighted by atomic mass is 10.2. The van der Waals surface area contributed by atoms with E-state index in [-0.39, 0.29) is 18.6 Å². The lowest BCUT2D eigenvalue weighted by molar-refractivity contribution is -0.117. The second-order valence-electron chi connectivity index (χ2n) is 5.26. The number of allylic oxidation sites excluding steroid dienone is 1. The number of carbonyl (C=O) groups excluding carboxylic acids is 2. The normalized spacial score (nSPS) is 12.9. The molecular formula is C17H22N2O4. The van der Waals surface area contributed by atoms with Gasteiger partial charge in [-0.3, -0.25) is 9.59 Å². The number of nitrogens with one attached hydrogen (secondary N) is 2. The molecule has 1 aromatic rings. The number of benzene rings is 1. The first-order valence-corrected chi connectivity index (χ1v) is 7.71. The van der Waals surface area contributed by atoms with Crippen molar-refractivity contribution in [2.45, 2.75) is 26.7 Å². The molecule has 0 spiro atoms. The fraction of sp³-hybridized carbons (Fsp3) is 0.412. The Morgan fingerprint density at radius 1 is 1.13 bits per heavy atom. The van der Waals surface area contributed by atoms with Crippen LogP contribution in [0.15, 0.2) is 29.8 Å². The Balaban J connectivity index is 1.65. The van der Waals surface area contributed by atoms with E-state index >= 15 is 0 Å². The fourth-order valence-electron chi connectivity index (χ4n) is 2.06. The van der Waals surface area contributed by atoms with Gasteiger partial charge in [-0.2, -0.15) is 0 Å². The Hall–Kier alpha value is -2.50. The number of hydrogen-bond acceptors (Lipinski definition) is 4. The van der Waals surface area contributed by atoms with Crippen LogP contribution in [0.3, 0.4) is 0 Å². The lowest BCUT2D eigenvalue weighted by Crippen LogP contribution is -2.27. The predicted molar refractivity (Wildman–Crippen MR) is 86.6 cm³/mol. The number of fused-ring (bicyclic) bond motifs is 1. The smallest absolute Gasteiger partial charge is 0.251 e. The van der Waals surface area contributed by atoms with Gasteiger partial charge in [-0.1, -0.05) is 6.08 Å². The van der Waals surface area contributed by atoms with Crippen molar-refractivity contribution < 1.29 is 19.1 Å².